The number of aromatic hydroxyl groups is 4. The molecule has 0 saturated carbocycles. The van der Waals surface area contributed by atoms with Crippen molar-refractivity contribution in [2.45, 2.75) is 0 Å². The smallest absolute Gasteiger partial charge is 0.124 e. The summed E-state index contributed by atoms with van der Waals surface area (Å²) in [5, 5.41) is 42.9. The van der Waals surface area contributed by atoms with E-state index in [-0.39, 0.29) is 23.0 Å². The van der Waals surface area contributed by atoms with E-state index in [9.17, 15) is 20.4 Å². The van der Waals surface area contributed by atoms with Gasteiger partial charge >= 0.3 is 0 Å². The Kier molecular flexibility index (Phi) is 5.32. The van der Waals surface area contributed by atoms with Gasteiger partial charge in [-0.3, -0.25) is 9.97 Å². The normalized spacial score (nSPS) is 10.8. The second kappa shape index (κ2) is 8.60. The van der Waals surface area contributed by atoms with E-state index in [1.54, 1.807) is 73.3 Å². The lowest BCUT2D eigenvalue weighted by atomic mass is 9.79. The van der Waals surface area contributed by atoms with Crippen LogP contribution >= 0.6 is 0 Å². The zero-order chi connectivity index (χ0) is 23.7. The van der Waals surface area contributed by atoms with Gasteiger partial charge in [-0.25, -0.2) is 0 Å². The van der Waals surface area contributed by atoms with Crippen molar-refractivity contribution in [2.24, 2.45) is 0 Å². The number of fused-ring (bicyclic) bond motifs is 8. The maximum absolute atomic E-state index is 10.7. The highest BCUT2D eigenvalue weighted by Crippen LogP contribution is 2.55. The Morgan fingerprint density at radius 3 is 0.794 bits per heavy atom. The number of benzene rings is 4. The maximum Gasteiger partial charge on any atom is 0.124 e. The molecule has 5 aromatic rings. The van der Waals surface area contributed by atoms with Crippen LogP contribution in [0.4, 0.5) is 0 Å². The number of nitrogens with zero attached hydrogens (tertiary/aromatic N) is 2. The monoisotopic (exact) mass is 448 g/mol. The zero-order valence-corrected chi connectivity index (χ0v) is 17.9. The fourth-order valence-corrected chi connectivity index (χ4v) is 4.36. The van der Waals surface area contributed by atoms with Crippen molar-refractivity contribution in [3.05, 3.63) is 97.6 Å². The van der Waals surface area contributed by atoms with Gasteiger partial charge in [-0.15, -0.1) is 0 Å². The minimum Gasteiger partial charge on any atom is -0.507 e. The molecule has 0 radical (unpaired) electrons. The van der Waals surface area contributed by atoms with E-state index in [1.807, 2.05) is 24.3 Å². The molecule has 0 unspecified atom stereocenters. The summed E-state index contributed by atoms with van der Waals surface area (Å²) >= 11 is 0. The van der Waals surface area contributed by atoms with E-state index in [1.165, 1.54) is 0 Å². The highest BCUT2D eigenvalue weighted by atomic mass is 16.3. The number of phenolic OH excluding ortho intramolecular Hbond substituents is 4. The van der Waals surface area contributed by atoms with Gasteiger partial charge in [0.1, 0.15) is 23.0 Å². The molecule has 1 aliphatic rings. The van der Waals surface area contributed by atoms with Crippen molar-refractivity contribution >= 4 is 0 Å². The number of aromatic nitrogens is 2. The minimum absolute atomic E-state index is 0.0261. The van der Waals surface area contributed by atoms with Gasteiger partial charge in [0.25, 0.3) is 0 Å². The first-order chi connectivity index (χ1) is 16.6. The van der Waals surface area contributed by atoms with Gasteiger partial charge in [-0.2, -0.15) is 0 Å². The first-order valence-corrected chi connectivity index (χ1v) is 10.6. The molecule has 0 amide bonds. The topological polar surface area (TPSA) is 107 Å². The van der Waals surface area contributed by atoms with E-state index >= 15 is 0 Å². The van der Waals surface area contributed by atoms with Crippen LogP contribution in [0.15, 0.2) is 97.6 Å². The summed E-state index contributed by atoms with van der Waals surface area (Å²) in [6.07, 6.45) is 6.56. The van der Waals surface area contributed by atoms with Gasteiger partial charge in [-0.05, 0) is 46.5 Å². The van der Waals surface area contributed by atoms with E-state index in [0.29, 0.717) is 44.5 Å². The van der Waals surface area contributed by atoms with Gasteiger partial charge < -0.3 is 20.4 Å². The first-order valence-electron chi connectivity index (χ1n) is 10.6. The molecule has 0 aliphatic heterocycles. The number of phenols is 4. The van der Waals surface area contributed by atoms with Crippen LogP contribution in [0, 0.1) is 0 Å². The third-order valence-electron chi connectivity index (χ3n) is 5.73. The average Bonchev–Trinajstić information content (AvgIpc) is 2.85. The molecule has 6 rings (SSSR count). The molecular formula is C28H20N2O4. The van der Waals surface area contributed by atoms with Crippen LogP contribution in [-0.2, 0) is 0 Å². The van der Waals surface area contributed by atoms with Crippen LogP contribution in [0.2, 0.25) is 0 Å². The minimum atomic E-state index is 0.0261. The Bertz CT molecular complexity index is 1280. The standard InChI is InChI=1S/C24H16O4.C4H4N2/c25-17-9-1-5-13-14-6-2-10-18(26)22(14)24-16(8-4-12-20(24)28)15-7-3-11-19(27)23(15)21(13)17;1-2-6-4-3-5-1/h1-12,25-28H;1-4H. The molecule has 4 N–H and O–H groups in total. The van der Waals surface area contributed by atoms with Crippen LogP contribution in [0.3, 0.4) is 0 Å². The van der Waals surface area contributed by atoms with Crippen molar-refractivity contribution in [1.29, 1.82) is 0 Å². The second-order valence-corrected chi connectivity index (χ2v) is 7.69. The SMILES string of the molecule is Oc1cccc2c1-c1c(O)cccc1-c1cccc(O)c1-c1c(O)cccc1-2.c1cnccn1. The Morgan fingerprint density at radius 2 is 0.588 bits per heavy atom. The fourth-order valence-electron chi connectivity index (χ4n) is 4.36. The zero-order valence-electron chi connectivity index (χ0n) is 17.9. The maximum atomic E-state index is 10.7. The van der Waals surface area contributed by atoms with Crippen LogP contribution < -0.4 is 0 Å². The van der Waals surface area contributed by atoms with Gasteiger partial charge in [0.05, 0.1) is 0 Å². The summed E-state index contributed by atoms with van der Waals surface area (Å²) in [6.45, 7) is 0. The molecule has 0 atom stereocenters. The largest absolute Gasteiger partial charge is 0.507 e. The summed E-state index contributed by atoms with van der Waals surface area (Å²) in [6, 6.07) is 20.5. The molecule has 1 aromatic heterocycles. The predicted molar refractivity (Wildman–Crippen MR) is 130 cm³/mol. The Balaban J connectivity index is 0.000000351. The quantitative estimate of drug-likeness (QED) is 0.228. The molecule has 0 bridgehead atoms. The van der Waals surface area contributed by atoms with Crippen LogP contribution in [0.25, 0.3) is 44.5 Å². The van der Waals surface area contributed by atoms with E-state index in [0.717, 1.165) is 0 Å². The highest BCUT2D eigenvalue weighted by Gasteiger charge is 2.28. The number of hydrogen-bond acceptors (Lipinski definition) is 6. The average molecular weight is 448 g/mol. The molecule has 166 valence electrons. The van der Waals surface area contributed by atoms with E-state index < -0.39 is 0 Å². The molecule has 0 fully saturated rings. The number of rotatable bonds is 0. The van der Waals surface area contributed by atoms with Crippen LogP contribution in [0.1, 0.15) is 0 Å². The van der Waals surface area contributed by atoms with Gasteiger partial charge in [0, 0.05) is 47.0 Å². The molecule has 0 saturated heterocycles. The summed E-state index contributed by atoms with van der Waals surface area (Å²) in [4.78, 5) is 7.44. The Labute approximate surface area is 195 Å². The van der Waals surface area contributed by atoms with Gasteiger partial charge in [0.15, 0.2) is 0 Å². The summed E-state index contributed by atoms with van der Waals surface area (Å²) in [5.41, 5.74) is 4.55. The number of hydrogen-bond donors (Lipinski definition) is 4. The van der Waals surface area contributed by atoms with Crippen molar-refractivity contribution in [1.82, 2.24) is 9.97 Å². The molecule has 1 aliphatic carbocycles. The molecule has 6 nitrogen and oxygen atoms in total. The van der Waals surface area contributed by atoms with Crippen molar-refractivity contribution in [3.8, 4) is 67.5 Å². The molecule has 4 aromatic carbocycles. The van der Waals surface area contributed by atoms with E-state index in [4.69, 9.17) is 0 Å². The first kappa shape index (κ1) is 21.0. The van der Waals surface area contributed by atoms with Crippen LogP contribution in [0.5, 0.6) is 23.0 Å². The van der Waals surface area contributed by atoms with Crippen molar-refractivity contribution in [2.75, 3.05) is 0 Å². The van der Waals surface area contributed by atoms with Crippen LogP contribution in [-0.4, -0.2) is 30.4 Å². The highest BCUT2D eigenvalue weighted by molar-refractivity contribution is 6.08. The molecule has 0 spiro atoms. The lowest BCUT2D eigenvalue weighted by Gasteiger charge is -2.25. The summed E-state index contributed by atoms with van der Waals surface area (Å²) < 4.78 is 0. The Hall–Kier alpha value is -4.84. The third kappa shape index (κ3) is 3.47. The Morgan fingerprint density at radius 1 is 0.353 bits per heavy atom. The molecule has 6 heteroatoms. The third-order valence-corrected chi connectivity index (χ3v) is 5.73. The molecule has 34 heavy (non-hydrogen) atoms. The molecule has 1 heterocycles. The van der Waals surface area contributed by atoms with E-state index in [2.05, 4.69) is 9.97 Å². The molecular weight excluding hydrogens is 428 g/mol. The van der Waals surface area contributed by atoms with Gasteiger partial charge in [-0.1, -0.05) is 48.5 Å². The van der Waals surface area contributed by atoms with Gasteiger partial charge in [0.2, 0.25) is 0 Å². The fraction of sp³-hybridized carbons (Fsp3) is 0. The lowest BCUT2D eigenvalue weighted by molar-refractivity contribution is 0.468. The lowest BCUT2D eigenvalue weighted by Crippen LogP contribution is -1.98. The van der Waals surface area contributed by atoms with Crippen molar-refractivity contribution in [3.63, 3.8) is 0 Å². The second-order valence-electron chi connectivity index (χ2n) is 7.69. The predicted octanol–water partition coefficient (Wildman–Crippen LogP) is 5.97. The summed E-state index contributed by atoms with van der Waals surface area (Å²) in [5.74, 6) is 0.104. The van der Waals surface area contributed by atoms with Crippen molar-refractivity contribution < 1.29 is 20.4 Å². The summed E-state index contributed by atoms with van der Waals surface area (Å²) in [7, 11) is 0.